The maximum atomic E-state index is 14.5. The van der Waals surface area contributed by atoms with Crippen LogP contribution in [0.3, 0.4) is 0 Å². The lowest BCUT2D eigenvalue weighted by molar-refractivity contribution is 0.0592. The summed E-state index contributed by atoms with van der Waals surface area (Å²) in [4.78, 5) is 22.9. The summed E-state index contributed by atoms with van der Waals surface area (Å²) in [6, 6.07) is 11.0. The quantitative estimate of drug-likeness (QED) is 0.240. The molecule has 3 aromatic rings. The van der Waals surface area contributed by atoms with Crippen molar-refractivity contribution in [3.05, 3.63) is 105 Å². The topological polar surface area (TPSA) is 52.6 Å². The lowest BCUT2D eigenvalue weighted by Crippen LogP contribution is -2.04. The van der Waals surface area contributed by atoms with Crippen LogP contribution in [0, 0.1) is 47.0 Å². The fraction of sp³-hybridized carbons (Fsp3) is 0.0769. The van der Waals surface area contributed by atoms with Crippen molar-refractivity contribution in [3.8, 4) is 23.7 Å². The van der Waals surface area contributed by atoms with Crippen molar-refractivity contribution in [3.63, 3.8) is 0 Å². The van der Waals surface area contributed by atoms with Crippen molar-refractivity contribution in [1.82, 2.24) is 0 Å². The van der Waals surface area contributed by atoms with Gasteiger partial charge in [0.1, 0.15) is 11.1 Å². The van der Waals surface area contributed by atoms with Gasteiger partial charge in [0.15, 0.2) is 23.3 Å². The van der Waals surface area contributed by atoms with Crippen LogP contribution in [-0.4, -0.2) is 26.2 Å². The summed E-state index contributed by atoms with van der Waals surface area (Å²) in [6.07, 6.45) is 0. The number of ether oxygens (including phenoxy) is 2. The normalized spacial score (nSPS) is 9.82. The second-order valence-electron chi connectivity index (χ2n) is 6.64. The molecule has 0 saturated carbocycles. The smallest absolute Gasteiger partial charge is 0.337 e. The van der Waals surface area contributed by atoms with Gasteiger partial charge < -0.3 is 9.47 Å². The fourth-order valence-corrected chi connectivity index (χ4v) is 2.74. The molecule has 170 valence electrons. The van der Waals surface area contributed by atoms with Gasteiger partial charge in [-0.1, -0.05) is 23.7 Å². The third-order valence-electron chi connectivity index (χ3n) is 4.54. The fourth-order valence-electron chi connectivity index (χ4n) is 2.74. The summed E-state index contributed by atoms with van der Waals surface area (Å²) >= 11 is 0. The predicted octanol–water partition coefficient (Wildman–Crippen LogP) is 4.62. The van der Waals surface area contributed by atoms with Gasteiger partial charge in [-0.05, 0) is 48.5 Å². The zero-order valence-electron chi connectivity index (χ0n) is 17.8. The number of benzene rings is 3. The number of methoxy groups -OCH3 is 2. The van der Waals surface area contributed by atoms with E-state index in [0.717, 1.165) is 0 Å². The van der Waals surface area contributed by atoms with Crippen molar-refractivity contribution in [1.29, 1.82) is 0 Å². The van der Waals surface area contributed by atoms with Crippen LogP contribution in [0.2, 0.25) is 0 Å². The number of carbonyl (C=O) groups excluding carboxylic acids is 2. The lowest BCUT2D eigenvalue weighted by atomic mass is 10.1. The Hall–Kier alpha value is -4.56. The molecule has 0 fully saturated rings. The molecule has 0 aromatic heterocycles. The van der Waals surface area contributed by atoms with E-state index in [1.165, 1.54) is 62.8 Å². The Kier molecular flexibility index (Phi) is 7.35. The van der Waals surface area contributed by atoms with E-state index in [9.17, 15) is 27.2 Å². The Bertz CT molecular complexity index is 1250. The molecule has 0 N–H and O–H groups in total. The largest absolute Gasteiger partial charge is 0.465 e. The lowest BCUT2D eigenvalue weighted by Gasteiger charge is -2.04. The Morgan fingerprint density at radius 3 is 1.12 bits per heavy atom. The van der Waals surface area contributed by atoms with E-state index in [1.54, 1.807) is 0 Å². The molecular formula is C26H14F4O4. The molecule has 0 unspecified atom stereocenters. The molecule has 0 amide bonds. The average molecular weight is 466 g/mol. The van der Waals surface area contributed by atoms with E-state index in [2.05, 4.69) is 33.2 Å². The van der Waals surface area contributed by atoms with Crippen LogP contribution in [0.15, 0.2) is 48.5 Å². The summed E-state index contributed by atoms with van der Waals surface area (Å²) in [5, 5.41) is 0. The molecule has 0 bridgehead atoms. The first-order valence-corrected chi connectivity index (χ1v) is 9.53. The second kappa shape index (κ2) is 10.4. The number of hydrogen-bond acceptors (Lipinski definition) is 4. The zero-order chi connectivity index (χ0) is 24.8. The predicted molar refractivity (Wildman–Crippen MR) is 114 cm³/mol. The molecule has 0 aliphatic heterocycles. The van der Waals surface area contributed by atoms with Gasteiger partial charge in [0.05, 0.1) is 25.3 Å². The van der Waals surface area contributed by atoms with Gasteiger partial charge >= 0.3 is 11.9 Å². The standard InChI is InChI=1S/C26H14F4O4/c1-33-25(31)17-9-3-15(4-10-17)7-13-19-21(27)23(29)20(24(30)22(19)28)14-8-16-5-11-18(12-6-16)26(32)34-2/h3-6,9-12H,1-2H3. The molecule has 8 heteroatoms. The van der Waals surface area contributed by atoms with Crippen LogP contribution < -0.4 is 0 Å². The Balaban J connectivity index is 1.93. The van der Waals surface area contributed by atoms with E-state index in [1.807, 2.05) is 0 Å². The van der Waals surface area contributed by atoms with Crippen LogP contribution in [-0.2, 0) is 9.47 Å². The monoisotopic (exact) mass is 466 g/mol. The molecule has 0 aliphatic carbocycles. The highest BCUT2D eigenvalue weighted by atomic mass is 19.2. The van der Waals surface area contributed by atoms with Crippen molar-refractivity contribution in [2.75, 3.05) is 14.2 Å². The SMILES string of the molecule is COC(=O)c1ccc(C#Cc2c(F)c(F)c(C#Cc3ccc(C(=O)OC)cc3)c(F)c2F)cc1. The highest BCUT2D eigenvalue weighted by molar-refractivity contribution is 5.89. The van der Waals surface area contributed by atoms with Gasteiger partial charge in [0.25, 0.3) is 0 Å². The van der Waals surface area contributed by atoms with Crippen molar-refractivity contribution < 1.29 is 36.6 Å². The number of hydrogen-bond donors (Lipinski definition) is 0. The van der Waals surface area contributed by atoms with E-state index < -0.39 is 46.3 Å². The first kappa shape index (κ1) is 24.1. The van der Waals surface area contributed by atoms with Crippen molar-refractivity contribution >= 4 is 11.9 Å². The second-order valence-corrected chi connectivity index (χ2v) is 6.64. The minimum absolute atomic E-state index is 0.227. The minimum Gasteiger partial charge on any atom is -0.465 e. The number of esters is 2. The number of carbonyl (C=O) groups is 2. The summed E-state index contributed by atoms with van der Waals surface area (Å²) < 4.78 is 67.0. The van der Waals surface area contributed by atoms with Crippen molar-refractivity contribution in [2.24, 2.45) is 0 Å². The summed E-state index contributed by atoms with van der Waals surface area (Å²) in [5.74, 6) is 0.992. The van der Waals surface area contributed by atoms with Crippen LogP contribution in [0.4, 0.5) is 17.6 Å². The van der Waals surface area contributed by atoms with Crippen molar-refractivity contribution in [2.45, 2.75) is 0 Å². The van der Waals surface area contributed by atoms with Gasteiger partial charge in [-0.25, -0.2) is 27.2 Å². The maximum absolute atomic E-state index is 14.5. The molecule has 0 radical (unpaired) electrons. The molecular weight excluding hydrogens is 452 g/mol. The van der Waals surface area contributed by atoms with Gasteiger partial charge in [-0.2, -0.15) is 0 Å². The molecule has 0 aliphatic rings. The molecule has 3 rings (SSSR count). The van der Waals surface area contributed by atoms with Crippen LogP contribution in [0.25, 0.3) is 0 Å². The molecule has 34 heavy (non-hydrogen) atoms. The Morgan fingerprint density at radius 1 is 0.559 bits per heavy atom. The highest BCUT2D eigenvalue weighted by Crippen LogP contribution is 2.23. The third-order valence-corrected chi connectivity index (χ3v) is 4.54. The van der Waals surface area contributed by atoms with Gasteiger partial charge in [0, 0.05) is 11.1 Å². The molecule has 3 aromatic carbocycles. The summed E-state index contributed by atoms with van der Waals surface area (Å²) in [7, 11) is 2.42. The van der Waals surface area contributed by atoms with Gasteiger partial charge in [0.2, 0.25) is 0 Å². The van der Waals surface area contributed by atoms with E-state index in [0.29, 0.717) is 0 Å². The average Bonchev–Trinajstić information content (AvgIpc) is 2.87. The first-order chi connectivity index (χ1) is 16.3. The van der Waals surface area contributed by atoms with Crippen LogP contribution >= 0.6 is 0 Å². The number of rotatable bonds is 2. The Morgan fingerprint density at radius 2 is 0.853 bits per heavy atom. The molecule has 0 spiro atoms. The Labute approximate surface area is 192 Å². The maximum Gasteiger partial charge on any atom is 0.337 e. The molecule has 4 nitrogen and oxygen atoms in total. The first-order valence-electron chi connectivity index (χ1n) is 9.53. The van der Waals surface area contributed by atoms with E-state index in [-0.39, 0.29) is 22.3 Å². The molecule has 0 heterocycles. The third kappa shape index (κ3) is 5.08. The summed E-state index contributed by atoms with van der Waals surface area (Å²) in [6.45, 7) is 0. The minimum atomic E-state index is -1.69. The highest BCUT2D eigenvalue weighted by Gasteiger charge is 2.23. The zero-order valence-corrected chi connectivity index (χ0v) is 17.8. The van der Waals surface area contributed by atoms with E-state index in [4.69, 9.17) is 0 Å². The summed E-state index contributed by atoms with van der Waals surface area (Å²) in [5.41, 5.74) is -1.26. The molecule has 0 atom stereocenters. The van der Waals surface area contributed by atoms with Crippen LogP contribution in [0.1, 0.15) is 43.0 Å². The van der Waals surface area contributed by atoms with Gasteiger partial charge in [-0.15, -0.1) is 0 Å². The molecule has 0 saturated heterocycles. The van der Waals surface area contributed by atoms with Gasteiger partial charge in [-0.3, -0.25) is 0 Å². The number of halogens is 4. The van der Waals surface area contributed by atoms with E-state index >= 15 is 0 Å². The van der Waals surface area contributed by atoms with Crippen LogP contribution in [0.5, 0.6) is 0 Å².